The monoisotopic (exact) mass is 392 g/mol. The molecule has 1 saturated carbocycles. The Morgan fingerprint density at radius 2 is 0.821 bits per heavy atom. The Hall–Kier alpha value is 0. The Balaban J connectivity index is 2.20. The summed E-state index contributed by atoms with van der Waals surface area (Å²) in [5.41, 5.74) is 0. The van der Waals surface area contributed by atoms with E-state index in [1.165, 1.54) is 154 Å². The van der Waals surface area contributed by atoms with Crippen molar-refractivity contribution in [3.63, 3.8) is 0 Å². The Bertz CT molecular complexity index is 294. The van der Waals surface area contributed by atoms with Crippen LogP contribution in [0.3, 0.4) is 0 Å². The molecule has 0 spiro atoms. The zero-order valence-corrected chi connectivity index (χ0v) is 20.1. The summed E-state index contributed by atoms with van der Waals surface area (Å²) in [6.45, 7) is 4.70. The molecule has 0 heterocycles. The van der Waals surface area contributed by atoms with Crippen molar-refractivity contribution in [3.05, 3.63) is 0 Å². The summed E-state index contributed by atoms with van der Waals surface area (Å²) in [5, 5.41) is 0. The molecule has 0 nitrogen and oxygen atoms in total. The minimum absolute atomic E-state index is 1.04. The minimum Gasteiger partial charge on any atom is -0.0654 e. The predicted octanol–water partition coefficient (Wildman–Crippen LogP) is 10.6. The van der Waals surface area contributed by atoms with Crippen molar-refractivity contribution in [1.29, 1.82) is 0 Å². The average molecular weight is 393 g/mol. The topological polar surface area (TPSA) is 0 Å². The lowest BCUT2D eigenvalue weighted by molar-refractivity contribution is 0.326. The van der Waals surface area contributed by atoms with Gasteiger partial charge in [0.25, 0.3) is 0 Å². The zero-order chi connectivity index (χ0) is 20.1. The lowest BCUT2D eigenvalue weighted by atomic mass is 9.85. The second-order valence-electron chi connectivity index (χ2n) is 10.1. The summed E-state index contributed by atoms with van der Waals surface area (Å²) in [5.74, 6) is 2.09. The molecule has 0 bridgehead atoms. The van der Waals surface area contributed by atoms with Crippen LogP contribution >= 0.6 is 0 Å². The van der Waals surface area contributed by atoms with E-state index in [1.807, 2.05) is 0 Å². The van der Waals surface area contributed by atoms with E-state index >= 15 is 0 Å². The van der Waals surface area contributed by atoms with Crippen LogP contribution in [0, 0.1) is 11.8 Å². The second-order valence-corrected chi connectivity index (χ2v) is 10.1. The summed E-state index contributed by atoms with van der Waals surface area (Å²) in [4.78, 5) is 0. The molecule has 1 fully saturated rings. The van der Waals surface area contributed by atoms with Gasteiger partial charge in [0, 0.05) is 0 Å². The second kappa shape index (κ2) is 20.3. The van der Waals surface area contributed by atoms with Gasteiger partial charge in [-0.3, -0.25) is 0 Å². The lowest BCUT2D eigenvalue weighted by Crippen LogP contribution is -2.05. The van der Waals surface area contributed by atoms with Crippen LogP contribution in [0.4, 0.5) is 0 Å². The van der Waals surface area contributed by atoms with Crippen LogP contribution < -0.4 is 0 Å². The van der Waals surface area contributed by atoms with E-state index in [1.54, 1.807) is 0 Å². The van der Waals surface area contributed by atoms with Gasteiger partial charge in [-0.15, -0.1) is 0 Å². The SMILES string of the molecule is CCCCCCCCCCCC1CCCCCCCCCC(CCC)CCC1. The standard InChI is InChI=1S/C28H56/c1-3-5-6-7-8-9-11-15-18-23-28-24-19-16-13-10-12-14-17-22-27(21-4-2)25-20-26-28/h27-28H,3-26H2,1-2H3. The van der Waals surface area contributed by atoms with E-state index < -0.39 is 0 Å². The van der Waals surface area contributed by atoms with Crippen molar-refractivity contribution in [2.24, 2.45) is 11.8 Å². The van der Waals surface area contributed by atoms with E-state index in [2.05, 4.69) is 13.8 Å². The van der Waals surface area contributed by atoms with Gasteiger partial charge in [0.1, 0.15) is 0 Å². The Morgan fingerprint density at radius 1 is 0.393 bits per heavy atom. The fourth-order valence-corrected chi connectivity index (χ4v) is 5.46. The highest BCUT2D eigenvalue weighted by Crippen LogP contribution is 2.28. The van der Waals surface area contributed by atoms with Crippen LogP contribution in [0.2, 0.25) is 0 Å². The summed E-state index contributed by atoms with van der Waals surface area (Å²) >= 11 is 0. The van der Waals surface area contributed by atoms with Crippen LogP contribution in [0.5, 0.6) is 0 Å². The van der Waals surface area contributed by atoms with Crippen molar-refractivity contribution >= 4 is 0 Å². The molecule has 0 aromatic carbocycles. The van der Waals surface area contributed by atoms with Crippen molar-refractivity contribution in [1.82, 2.24) is 0 Å². The highest BCUT2D eigenvalue weighted by Gasteiger charge is 2.12. The Labute approximate surface area is 180 Å². The van der Waals surface area contributed by atoms with E-state index in [0.29, 0.717) is 0 Å². The molecular weight excluding hydrogens is 336 g/mol. The maximum absolute atomic E-state index is 2.39. The first kappa shape index (κ1) is 26.0. The van der Waals surface area contributed by atoms with Gasteiger partial charge in [-0.1, -0.05) is 168 Å². The predicted molar refractivity (Wildman–Crippen MR) is 129 cm³/mol. The lowest BCUT2D eigenvalue weighted by Gasteiger charge is -2.21. The summed E-state index contributed by atoms with van der Waals surface area (Å²) in [6.07, 6.45) is 35.9. The molecule has 168 valence electrons. The number of hydrogen-bond acceptors (Lipinski definition) is 0. The van der Waals surface area contributed by atoms with Gasteiger partial charge >= 0.3 is 0 Å². The summed E-state index contributed by atoms with van der Waals surface area (Å²) in [6, 6.07) is 0. The van der Waals surface area contributed by atoms with E-state index in [-0.39, 0.29) is 0 Å². The first-order valence-corrected chi connectivity index (χ1v) is 13.9. The fraction of sp³-hybridized carbons (Fsp3) is 1.00. The van der Waals surface area contributed by atoms with Crippen LogP contribution in [-0.2, 0) is 0 Å². The van der Waals surface area contributed by atoms with E-state index in [4.69, 9.17) is 0 Å². The van der Waals surface area contributed by atoms with Crippen LogP contribution in [0.25, 0.3) is 0 Å². The van der Waals surface area contributed by atoms with Crippen molar-refractivity contribution in [2.75, 3.05) is 0 Å². The van der Waals surface area contributed by atoms with E-state index in [9.17, 15) is 0 Å². The molecule has 1 aliphatic carbocycles. The molecule has 0 aromatic heterocycles. The third-order valence-electron chi connectivity index (χ3n) is 7.36. The molecule has 2 atom stereocenters. The highest BCUT2D eigenvalue weighted by atomic mass is 14.2. The smallest absolute Gasteiger partial charge is 0.0414 e. The van der Waals surface area contributed by atoms with Crippen molar-refractivity contribution < 1.29 is 0 Å². The van der Waals surface area contributed by atoms with Gasteiger partial charge < -0.3 is 0 Å². The van der Waals surface area contributed by atoms with Gasteiger partial charge in [0.2, 0.25) is 0 Å². The molecule has 0 N–H and O–H groups in total. The first-order valence-electron chi connectivity index (χ1n) is 13.9. The number of hydrogen-bond donors (Lipinski definition) is 0. The Kier molecular flexibility index (Phi) is 18.9. The van der Waals surface area contributed by atoms with Crippen LogP contribution in [0.1, 0.15) is 168 Å². The molecular formula is C28H56. The van der Waals surface area contributed by atoms with Crippen LogP contribution in [0.15, 0.2) is 0 Å². The van der Waals surface area contributed by atoms with Crippen molar-refractivity contribution in [2.45, 2.75) is 168 Å². The summed E-state index contributed by atoms with van der Waals surface area (Å²) in [7, 11) is 0. The molecule has 0 saturated heterocycles. The Morgan fingerprint density at radius 3 is 1.36 bits per heavy atom. The van der Waals surface area contributed by atoms with Gasteiger partial charge in [-0.25, -0.2) is 0 Å². The molecule has 1 aliphatic rings. The van der Waals surface area contributed by atoms with Crippen molar-refractivity contribution in [3.8, 4) is 0 Å². The molecule has 0 aliphatic heterocycles. The normalized spacial score (nSPS) is 23.4. The molecule has 0 heteroatoms. The quantitative estimate of drug-likeness (QED) is 0.290. The van der Waals surface area contributed by atoms with Crippen LogP contribution in [-0.4, -0.2) is 0 Å². The minimum atomic E-state index is 1.04. The molecule has 2 unspecified atom stereocenters. The van der Waals surface area contributed by atoms with Gasteiger partial charge in [0.15, 0.2) is 0 Å². The molecule has 28 heavy (non-hydrogen) atoms. The van der Waals surface area contributed by atoms with Gasteiger partial charge in [-0.05, 0) is 11.8 Å². The number of unbranched alkanes of at least 4 members (excludes halogenated alkanes) is 8. The molecule has 0 radical (unpaired) electrons. The largest absolute Gasteiger partial charge is 0.0654 e. The summed E-state index contributed by atoms with van der Waals surface area (Å²) < 4.78 is 0. The third kappa shape index (κ3) is 15.9. The molecule has 0 amide bonds. The van der Waals surface area contributed by atoms with Gasteiger partial charge in [-0.2, -0.15) is 0 Å². The van der Waals surface area contributed by atoms with Gasteiger partial charge in [0.05, 0.1) is 0 Å². The highest BCUT2D eigenvalue weighted by molar-refractivity contribution is 4.66. The first-order chi connectivity index (χ1) is 13.9. The maximum Gasteiger partial charge on any atom is -0.0414 e. The van der Waals surface area contributed by atoms with E-state index in [0.717, 1.165) is 11.8 Å². The zero-order valence-electron chi connectivity index (χ0n) is 20.1. The third-order valence-corrected chi connectivity index (χ3v) is 7.36. The number of rotatable bonds is 12. The maximum atomic E-state index is 2.39. The molecule has 0 aromatic rings. The molecule has 1 rings (SSSR count). The average Bonchev–Trinajstić information content (AvgIpc) is 2.70. The fourth-order valence-electron chi connectivity index (χ4n) is 5.46.